The Kier molecular flexibility index (Phi) is 5.71. The molecule has 2 nitrogen and oxygen atoms in total. The molecule has 0 aliphatic carbocycles. The number of hydrogen-bond acceptors (Lipinski definition) is 2. The summed E-state index contributed by atoms with van der Waals surface area (Å²) in [6, 6.07) is 30.3. The van der Waals surface area contributed by atoms with Crippen molar-refractivity contribution in [3.63, 3.8) is 0 Å². The van der Waals surface area contributed by atoms with Crippen molar-refractivity contribution < 1.29 is 29.6 Å². The molecule has 4 rings (SSSR count). The smallest absolute Gasteiger partial charge is 0.336 e. The van der Waals surface area contributed by atoms with Gasteiger partial charge in [-0.25, -0.2) is 4.79 Å². The summed E-state index contributed by atoms with van der Waals surface area (Å²) in [7, 11) is -10.9. The summed E-state index contributed by atoms with van der Waals surface area (Å²) in [6.45, 7) is 0. The number of rotatable bonds is 3. The molecule has 0 bridgehead atoms. The molecular weight excluding hydrogens is 461 g/mol. The Balaban J connectivity index is 0.000000339. The standard InChI is InChI=1S/C21H15O2S.F6P/c22-21-14-11-16-15-19(12-13-20(16)23-21)24(17-7-3-1-4-8-17)18-9-5-2-6-10-18;1-7(2,3,4,5)6/h1-15H;/q+1;-1. The van der Waals surface area contributed by atoms with Gasteiger partial charge >= 0.3 is 38.6 Å². The molecule has 0 aliphatic heterocycles. The van der Waals surface area contributed by atoms with E-state index in [-0.39, 0.29) is 16.5 Å². The second-order valence-corrected chi connectivity index (χ2v) is 10.3. The van der Waals surface area contributed by atoms with Crippen LogP contribution >= 0.6 is 7.81 Å². The van der Waals surface area contributed by atoms with Crippen LogP contribution in [0.15, 0.2) is 115 Å². The van der Waals surface area contributed by atoms with Crippen molar-refractivity contribution in [3.8, 4) is 0 Å². The second-order valence-electron chi connectivity index (χ2n) is 6.34. The summed E-state index contributed by atoms with van der Waals surface area (Å²) < 4.78 is 64.4. The largest absolute Gasteiger partial charge is 0.423 e. The SMILES string of the molecule is F[P-](F)(F)(F)(F)F.O=c1ccc2cc([S+](c3ccccc3)c3ccccc3)ccc2o1. The van der Waals surface area contributed by atoms with Crippen molar-refractivity contribution in [1.29, 1.82) is 0 Å². The zero-order chi connectivity index (χ0) is 22.8. The normalized spacial score (nSPS) is 13.8. The molecule has 0 fully saturated rings. The Hall–Kier alpha value is -2.77. The molecule has 31 heavy (non-hydrogen) atoms. The molecule has 0 unspecified atom stereocenters. The van der Waals surface area contributed by atoms with E-state index in [1.807, 2.05) is 30.3 Å². The van der Waals surface area contributed by atoms with Crippen molar-refractivity contribution in [2.75, 3.05) is 0 Å². The van der Waals surface area contributed by atoms with Crippen molar-refractivity contribution in [2.24, 2.45) is 0 Å². The topological polar surface area (TPSA) is 30.2 Å². The fourth-order valence-electron chi connectivity index (χ4n) is 2.70. The van der Waals surface area contributed by atoms with Gasteiger partial charge in [0.25, 0.3) is 0 Å². The average Bonchev–Trinajstić information content (AvgIpc) is 2.68. The van der Waals surface area contributed by atoms with Crippen LogP contribution in [0.3, 0.4) is 0 Å². The minimum absolute atomic E-state index is 0.196. The van der Waals surface area contributed by atoms with E-state index in [0.29, 0.717) is 5.58 Å². The molecule has 0 radical (unpaired) electrons. The Morgan fingerprint density at radius 2 is 1.10 bits per heavy atom. The van der Waals surface area contributed by atoms with Crippen LogP contribution in [0.2, 0.25) is 0 Å². The van der Waals surface area contributed by atoms with Gasteiger partial charge in [0, 0.05) is 17.5 Å². The van der Waals surface area contributed by atoms with Crippen molar-refractivity contribution in [2.45, 2.75) is 14.7 Å². The van der Waals surface area contributed by atoms with Gasteiger partial charge in [-0.1, -0.05) is 36.4 Å². The number of benzene rings is 3. The summed E-state index contributed by atoms with van der Waals surface area (Å²) in [5.74, 6) is 0. The molecule has 0 N–H and O–H groups in total. The van der Waals surface area contributed by atoms with Gasteiger partial charge in [0.2, 0.25) is 0 Å². The number of fused-ring (bicyclic) bond motifs is 1. The van der Waals surface area contributed by atoms with Crippen molar-refractivity contribution in [1.82, 2.24) is 0 Å². The van der Waals surface area contributed by atoms with Gasteiger partial charge in [-0.3, -0.25) is 0 Å². The van der Waals surface area contributed by atoms with Gasteiger partial charge in [-0.2, -0.15) is 0 Å². The molecule has 0 spiro atoms. The first-order chi connectivity index (χ1) is 14.3. The third-order valence-corrected chi connectivity index (χ3v) is 6.00. The minimum atomic E-state index is -10.7. The van der Waals surface area contributed by atoms with Crippen molar-refractivity contribution in [3.05, 3.63) is 101 Å². The summed E-state index contributed by atoms with van der Waals surface area (Å²) in [5.41, 5.74) is 0.302. The first-order valence-electron chi connectivity index (χ1n) is 8.71. The summed E-state index contributed by atoms with van der Waals surface area (Å²) in [5, 5.41) is 0.941. The van der Waals surface area contributed by atoms with Gasteiger partial charge in [0.1, 0.15) is 5.58 Å². The van der Waals surface area contributed by atoms with E-state index in [4.69, 9.17) is 4.42 Å². The minimum Gasteiger partial charge on any atom is -0.423 e. The van der Waals surface area contributed by atoms with Crippen LogP contribution in [0.5, 0.6) is 0 Å². The maximum absolute atomic E-state index is 11.4. The molecule has 10 heteroatoms. The van der Waals surface area contributed by atoms with Crippen LogP contribution < -0.4 is 5.63 Å². The molecule has 0 amide bonds. The Morgan fingerprint density at radius 1 is 0.613 bits per heavy atom. The van der Waals surface area contributed by atoms with Crippen LogP contribution in [0, 0.1) is 0 Å². The predicted molar refractivity (Wildman–Crippen MR) is 111 cm³/mol. The van der Waals surface area contributed by atoms with E-state index in [9.17, 15) is 30.0 Å². The van der Waals surface area contributed by atoms with E-state index in [0.717, 1.165) is 5.39 Å². The third-order valence-electron chi connectivity index (χ3n) is 3.78. The van der Waals surface area contributed by atoms with E-state index in [2.05, 4.69) is 54.6 Å². The third kappa shape index (κ3) is 7.77. The zero-order valence-corrected chi connectivity index (χ0v) is 17.3. The fourth-order valence-corrected chi connectivity index (χ4v) is 4.82. The van der Waals surface area contributed by atoms with E-state index >= 15 is 0 Å². The number of halogens is 6. The molecule has 0 saturated heterocycles. The van der Waals surface area contributed by atoms with Gasteiger partial charge < -0.3 is 4.42 Å². The molecule has 0 atom stereocenters. The van der Waals surface area contributed by atoms with E-state index in [1.165, 1.54) is 20.8 Å². The molecule has 1 heterocycles. The molecule has 0 saturated carbocycles. The van der Waals surface area contributed by atoms with Gasteiger partial charge in [-0.15, -0.1) is 0 Å². The summed E-state index contributed by atoms with van der Waals surface area (Å²) >= 11 is 0. The molecule has 4 aromatic rings. The Morgan fingerprint density at radius 3 is 1.58 bits per heavy atom. The Bertz CT molecular complexity index is 1190. The maximum atomic E-state index is 11.4. The van der Waals surface area contributed by atoms with Crippen LogP contribution in [-0.2, 0) is 10.9 Å². The van der Waals surface area contributed by atoms with Gasteiger partial charge in [-0.05, 0) is 42.5 Å². The molecular formula is C21H15F6O2PS. The summed E-state index contributed by atoms with van der Waals surface area (Å²) in [4.78, 5) is 15.1. The molecule has 164 valence electrons. The monoisotopic (exact) mass is 476 g/mol. The first-order valence-corrected chi connectivity index (χ1v) is 12.0. The molecule has 3 aromatic carbocycles. The van der Waals surface area contributed by atoms with Crippen molar-refractivity contribution >= 4 is 29.7 Å². The fraction of sp³-hybridized carbons (Fsp3) is 0. The van der Waals surface area contributed by atoms with E-state index < -0.39 is 7.81 Å². The van der Waals surface area contributed by atoms with Crippen LogP contribution in [0.25, 0.3) is 11.0 Å². The van der Waals surface area contributed by atoms with Crippen LogP contribution in [-0.4, -0.2) is 0 Å². The second kappa shape index (κ2) is 7.73. The van der Waals surface area contributed by atoms with Crippen LogP contribution in [0.1, 0.15) is 0 Å². The van der Waals surface area contributed by atoms with Crippen LogP contribution in [0.4, 0.5) is 25.2 Å². The predicted octanol–water partition coefficient (Wildman–Crippen LogP) is 8.27. The number of hydrogen-bond donors (Lipinski definition) is 0. The Labute approximate surface area is 175 Å². The molecule has 0 aliphatic rings. The average molecular weight is 476 g/mol. The quantitative estimate of drug-likeness (QED) is 0.129. The maximum Gasteiger partial charge on any atom is 0.336 e. The van der Waals surface area contributed by atoms with Gasteiger partial charge in [0.05, 0.1) is 10.9 Å². The van der Waals surface area contributed by atoms with Gasteiger partial charge in [0.15, 0.2) is 14.7 Å². The first kappa shape index (κ1) is 22.9. The van der Waals surface area contributed by atoms with E-state index in [1.54, 1.807) is 0 Å². The summed E-state index contributed by atoms with van der Waals surface area (Å²) in [6.07, 6.45) is 0. The zero-order valence-electron chi connectivity index (χ0n) is 15.6. The molecule has 1 aromatic heterocycles.